The highest BCUT2D eigenvalue weighted by Crippen LogP contribution is 2.36. The number of nitrogens with zero attached hydrogens (tertiary/aromatic N) is 2. The summed E-state index contributed by atoms with van der Waals surface area (Å²) in [7, 11) is 0. The fourth-order valence-electron chi connectivity index (χ4n) is 4.75. The lowest BCUT2D eigenvalue weighted by Crippen LogP contribution is -2.39. The minimum Gasteiger partial charge on any atom is -0.489 e. The van der Waals surface area contributed by atoms with Gasteiger partial charge in [0.25, 0.3) is 5.56 Å². The number of halogens is 1. The number of aromatic nitrogens is 1. The Balaban J connectivity index is 1.44. The summed E-state index contributed by atoms with van der Waals surface area (Å²) >= 11 is 6.25. The Morgan fingerprint density at radius 2 is 1.83 bits per heavy atom. The first kappa shape index (κ1) is 28.1. The molecule has 0 aliphatic carbocycles. The summed E-state index contributed by atoms with van der Waals surface area (Å²) in [4.78, 5) is 33.7. The van der Waals surface area contributed by atoms with Crippen LogP contribution in [-0.2, 0) is 16.1 Å². The van der Waals surface area contributed by atoms with Crippen molar-refractivity contribution in [2.75, 3.05) is 6.61 Å². The van der Waals surface area contributed by atoms with E-state index in [0.717, 1.165) is 26.0 Å². The van der Waals surface area contributed by atoms with Crippen LogP contribution >= 0.6 is 38.6 Å². The lowest BCUT2D eigenvalue weighted by Gasteiger charge is -2.24. The molecule has 6 rings (SSSR count). The first-order valence-electron chi connectivity index (χ1n) is 13.3. The Bertz CT molecular complexity index is 1940. The number of fused-ring (bicyclic) bond motifs is 1. The van der Waals surface area contributed by atoms with Crippen LogP contribution < -0.4 is 19.6 Å². The van der Waals surface area contributed by atoms with Gasteiger partial charge in [0.1, 0.15) is 18.4 Å². The molecule has 0 amide bonds. The van der Waals surface area contributed by atoms with E-state index in [1.54, 1.807) is 11.5 Å². The highest BCUT2D eigenvalue weighted by Gasteiger charge is 2.35. The summed E-state index contributed by atoms with van der Waals surface area (Å²) in [5.41, 5.74) is 3.32. The molecule has 0 unspecified atom stereocenters. The third-order valence-corrected chi connectivity index (χ3v) is 9.10. The zero-order valence-electron chi connectivity index (χ0n) is 22.5. The van der Waals surface area contributed by atoms with Gasteiger partial charge in [-0.1, -0.05) is 87.9 Å². The van der Waals surface area contributed by atoms with Crippen LogP contribution in [0.1, 0.15) is 34.5 Å². The molecular formula is C33H25BrN2O4S2. The van der Waals surface area contributed by atoms with Gasteiger partial charge >= 0.3 is 5.97 Å². The van der Waals surface area contributed by atoms with Gasteiger partial charge in [0.2, 0.25) is 0 Å². The van der Waals surface area contributed by atoms with Gasteiger partial charge in [0.05, 0.1) is 22.4 Å². The SMILES string of the molecule is CCOC(=O)C1=C(c2ccccc2)N=c2s/c(=C\c3cccc(OCc4ccc(Br)cc4)c3)c(=O)n2[C@H]1c1cccs1. The van der Waals surface area contributed by atoms with Gasteiger partial charge in [-0.2, -0.15) is 0 Å². The van der Waals surface area contributed by atoms with Crippen molar-refractivity contribution in [2.24, 2.45) is 4.99 Å². The Morgan fingerprint density at radius 1 is 1.02 bits per heavy atom. The summed E-state index contributed by atoms with van der Waals surface area (Å²) in [5.74, 6) is 0.218. The van der Waals surface area contributed by atoms with E-state index in [-0.39, 0.29) is 12.2 Å². The summed E-state index contributed by atoms with van der Waals surface area (Å²) in [5, 5.41) is 1.94. The van der Waals surface area contributed by atoms with Crippen molar-refractivity contribution >= 4 is 56.3 Å². The lowest BCUT2D eigenvalue weighted by atomic mass is 9.97. The van der Waals surface area contributed by atoms with Crippen LogP contribution in [0.2, 0.25) is 0 Å². The van der Waals surface area contributed by atoms with Crippen molar-refractivity contribution in [3.05, 3.63) is 148 Å². The van der Waals surface area contributed by atoms with E-state index in [0.29, 0.717) is 33.0 Å². The van der Waals surface area contributed by atoms with E-state index in [1.807, 2.05) is 102 Å². The molecule has 2 aromatic heterocycles. The number of carbonyl (C=O) groups excluding carboxylic acids is 1. The van der Waals surface area contributed by atoms with Crippen molar-refractivity contribution in [1.29, 1.82) is 0 Å². The van der Waals surface area contributed by atoms with E-state index < -0.39 is 12.0 Å². The largest absolute Gasteiger partial charge is 0.489 e. The third kappa shape index (κ3) is 5.81. The molecule has 42 heavy (non-hydrogen) atoms. The highest BCUT2D eigenvalue weighted by molar-refractivity contribution is 9.10. The standard InChI is InChI=1S/C33H25BrN2O4S2/c1-2-39-32(38)28-29(23-9-4-3-5-10-23)35-33-36(30(28)26-12-7-17-41-26)31(37)27(42-33)19-22-8-6-11-25(18-22)40-20-21-13-15-24(34)16-14-21/h3-19,30H,2,20H2,1H3/b27-19-/t30-/m0/s1. The molecule has 0 saturated carbocycles. The van der Waals surface area contributed by atoms with Crippen molar-refractivity contribution in [1.82, 2.24) is 4.57 Å². The second kappa shape index (κ2) is 12.4. The number of hydrogen-bond donors (Lipinski definition) is 0. The zero-order chi connectivity index (χ0) is 29.1. The zero-order valence-corrected chi connectivity index (χ0v) is 25.7. The fourth-order valence-corrected chi connectivity index (χ4v) is 6.84. The van der Waals surface area contributed by atoms with Crippen molar-refractivity contribution in [3.8, 4) is 5.75 Å². The number of esters is 1. The quantitative estimate of drug-likeness (QED) is 0.183. The number of thiophene rings is 1. The van der Waals surface area contributed by atoms with E-state index in [9.17, 15) is 9.59 Å². The molecule has 1 atom stereocenters. The van der Waals surface area contributed by atoms with Gasteiger partial charge in [0, 0.05) is 14.9 Å². The van der Waals surface area contributed by atoms with Gasteiger partial charge in [0.15, 0.2) is 4.80 Å². The second-order valence-electron chi connectivity index (χ2n) is 9.43. The molecular weight excluding hydrogens is 632 g/mol. The minimum absolute atomic E-state index is 0.214. The summed E-state index contributed by atoms with van der Waals surface area (Å²) in [6.45, 7) is 2.41. The monoisotopic (exact) mass is 656 g/mol. The molecule has 1 aliphatic rings. The average Bonchev–Trinajstić information content (AvgIpc) is 3.65. The average molecular weight is 658 g/mol. The molecule has 0 fully saturated rings. The highest BCUT2D eigenvalue weighted by atomic mass is 79.9. The molecule has 0 radical (unpaired) electrons. The number of carbonyl (C=O) groups is 1. The van der Waals surface area contributed by atoms with Gasteiger partial charge < -0.3 is 9.47 Å². The lowest BCUT2D eigenvalue weighted by molar-refractivity contribution is -0.138. The fraction of sp³-hybridized carbons (Fsp3) is 0.121. The van der Waals surface area contributed by atoms with Crippen molar-refractivity contribution < 1.29 is 14.3 Å². The van der Waals surface area contributed by atoms with E-state index in [2.05, 4.69) is 15.9 Å². The Kier molecular flexibility index (Phi) is 8.32. The molecule has 5 aromatic rings. The minimum atomic E-state index is -0.654. The maximum absolute atomic E-state index is 14.0. The summed E-state index contributed by atoms with van der Waals surface area (Å²) in [6.07, 6.45) is 1.85. The molecule has 3 aromatic carbocycles. The molecule has 6 nitrogen and oxygen atoms in total. The molecule has 0 spiro atoms. The van der Waals surface area contributed by atoms with Gasteiger partial charge in [-0.3, -0.25) is 9.36 Å². The van der Waals surface area contributed by atoms with Gasteiger partial charge in [-0.15, -0.1) is 11.3 Å². The number of rotatable bonds is 8. The molecule has 0 saturated heterocycles. The first-order valence-corrected chi connectivity index (χ1v) is 15.8. The van der Waals surface area contributed by atoms with Crippen LogP contribution in [0.15, 0.2) is 116 Å². The van der Waals surface area contributed by atoms with Crippen LogP contribution in [-0.4, -0.2) is 17.1 Å². The number of ether oxygens (including phenoxy) is 2. The predicted octanol–water partition coefficient (Wildman–Crippen LogP) is 6.34. The van der Waals surface area contributed by atoms with Crippen LogP contribution in [0.25, 0.3) is 11.8 Å². The topological polar surface area (TPSA) is 69.9 Å². The van der Waals surface area contributed by atoms with Crippen molar-refractivity contribution in [3.63, 3.8) is 0 Å². The Labute approximate surface area is 258 Å². The second-order valence-corrected chi connectivity index (χ2v) is 12.3. The number of hydrogen-bond acceptors (Lipinski definition) is 7. The predicted molar refractivity (Wildman–Crippen MR) is 170 cm³/mol. The van der Waals surface area contributed by atoms with Crippen LogP contribution in [0, 0.1) is 0 Å². The van der Waals surface area contributed by atoms with Crippen molar-refractivity contribution in [2.45, 2.75) is 19.6 Å². The van der Waals surface area contributed by atoms with Gasteiger partial charge in [-0.05, 0) is 59.8 Å². The van der Waals surface area contributed by atoms with E-state index in [1.165, 1.54) is 22.7 Å². The third-order valence-electron chi connectivity index (χ3n) is 6.66. The molecule has 9 heteroatoms. The Hall–Kier alpha value is -4.05. The normalized spacial score (nSPS) is 14.8. The number of thiazole rings is 1. The molecule has 0 bridgehead atoms. The van der Waals surface area contributed by atoms with Gasteiger partial charge in [-0.25, -0.2) is 9.79 Å². The number of benzene rings is 3. The summed E-state index contributed by atoms with van der Waals surface area (Å²) in [6, 6.07) is 28.4. The molecule has 1 aliphatic heterocycles. The smallest absolute Gasteiger partial charge is 0.338 e. The van der Waals surface area contributed by atoms with E-state index in [4.69, 9.17) is 14.5 Å². The Morgan fingerprint density at radius 3 is 2.57 bits per heavy atom. The maximum Gasteiger partial charge on any atom is 0.338 e. The van der Waals surface area contributed by atoms with Crippen LogP contribution in [0.4, 0.5) is 0 Å². The molecule has 210 valence electrons. The molecule has 0 N–H and O–H groups in total. The van der Waals surface area contributed by atoms with E-state index >= 15 is 0 Å². The van der Waals surface area contributed by atoms with Crippen LogP contribution in [0.5, 0.6) is 5.75 Å². The molecule has 3 heterocycles. The van der Waals surface area contributed by atoms with Crippen LogP contribution in [0.3, 0.4) is 0 Å². The maximum atomic E-state index is 14.0. The summed E-state index contributed by atoms with van der Waals surface area (Å²) < 4.78 is 14.7. The first-order chi connectivity index (χ1) is 20.5.